The van der Waals surface area contributed by atoms with E-state index >= 15 is 0 Å². The van der Waals surface area contributed by atoms with Gasteiger partial charge in [-0.25, -0.2) is 9.97 Å². The van der Waals surface area contributed by atoms with Crippen LogP contribution in [0.25, 0.3) is 0 Å². The van der Waals surface area contributed by atoms with Gasteiger partial charge >= 0.3 is 0 Å². The molecule has 1 aromatic heterocycles. The Balaban J connectivity index is 1.74. The van der Waals surface area contributed by atoms with Crippen LogP contribution in [0.15, 0.2) is 24.4 Å². The summed E-state index contributed by atoms with van der Waals surface area (Å²) in [7, 11) is 0. The minimum atomic E-state index is 0.0194. The first kappa shape index (κ1) is 16.1. The van der Waals surface area contributed by atoms with E-state index in [1.807, 2.05) is 6.20 Å². The third kappa shape index (κ3) is 3.61. The van der Waals surface area contributed by atoms with Gasteiger partial charge in [-0.2, -0.15) is 0 Å². The van der Waals surface area contributed by atoms with Crippen LogP contribution >= 0.6 is 0 Å². The smallest absolute Gasteiger partial charge is 0.133 e. The summed E-state index contributed by atoms with van der Waals surface area (Å²) in [6, 6.07) is 6.78. The lowest BCUT2D eigenvalue weighted by molar-refractivity contribution is 0.242. The highest BCUT2D eigenvalue weighted by molar-refractivity contribution is 5.30. The lowest BCUT2D eigenvalue weighted by Gasteiger charge is -2.29. The SMILES string of the molecule is Cc1ccc(CN2CCc3nc(C(C)(C)C)ncc3C2)cc1C. The highest BCUT2D eigenvalue weighted by atomic mass is 15.1. The average molecular weight is 309 g/mol. The zero-order valence-electron chi connectivity index (χ0n) is 15.0. The molecule has 1 aliphatic rings. The van der Waals surface area contributed by atoms with Crippen LogP contribution in [0.2, 0.25) is 0 Å². The fraction of sp³-hybridized carbons (Fsp3) is 0.500. The van der Waals surface area contributed by atoms with Crippen molar-refractivity contribution in [3.63, 3.8) is 0 Å². The van der Waals surface area contributed by atoms with Crippen LogP contribution in [0.4, 0.5) is 0 Å². The van der Waals surface area contributed by atoms with Crippen LogP contribution in [0, 0.1) is 13.8 Å². The second kappa shape index (κ2) is 6.04. The van der Waals surface area contributed by atoms with E-state index < -0.39 is 0 Å². The van der Waals surface area contributed by atoms with Gasteiger partial charge < -0.3 is 0 Å². The van der Waals surface area contributed by atoms with Crippen LogP contribution in [-0.4, -0.2) is 21.4 Å². The van der Waals surface area contributed by atoms with Crippen molar-refractivity contribution < 1.29 is 0 Å². The van der Waals surface area contributed by atoms with Gasteiger partial charge in [0, 0.05) is 48.9 Å². The van der Waals surface area contributed by atoms with Gasteiger partial charge in [0.2, 0.25) is 0 Å². The molecular formula is C20H27N3. The number of hydrogen-bond donors (Lipinski definition) is 0. The lowest BCUT2D eigenvalue weighted by atomic mass is 9.95. The molecule has 0 bridgehead atoms. The first-order chi connectivity index (χ1) is 10.8. The molecule has 0 atom stereocenters. The van der Waals surface area contributed by atoms with Crippen molar-refractivity contribution in [1.29, 1.82) is 0 Å². The monoisotopic (exact) mass is 309 g/mol. The minimum absolute atomic E-state index is 0.0194. The van der Waals surface area contributed by atoms with Crippen molar-refractivity contribution in [2.75, 3.05) is 6.54 Å². The third-order valence-electron chi connectivity index (χ3n) is 4.66. The fourth-order valence-corrected chi connectivity index (χ4v) is 3.03. The predicted molar refractivity (Wildman–Crippen MR) is 94.5 cm³/mol. The van der Waals surface area contributed by atoms with Crippen LogP contribution in [0.3, 0.4) is 0 Å². The van der Waals surface area contributed by atoms with E-state index in [0.717, 1.165) is 31.9 Å². The standard InChI is InChI=1S/C20H27N3/c1-14-6-7-16(10-15(14)2)12-23-9-8-18-17(13-23)11-21-19(22-18)20(3,4)5/h6-7,10-11H,8-9,12-13H2,1-5H3. The van der Waals surface area contributed by atoms with Gasteiger partial charge in [0.05, 0.1) is 0 Å². The van der Waals surface area contributed by atoms with Gasteiger partial charge in [0.15, 0.2) is 0 Å². The molecule has 1 aromatic carbocycles. The molecule has 0 N–H and O–H groups in total. The molecular weight excluding hydrogens is 282 g/mol. The van der Waals surface area contributed by atoms with Crippen LogP contribution in [-0.2, 0) is 24.9 Å². The van der Waals surface area contributed by atoms with Crippen LogP contribution in [0.5, 0.6) is 0 Å². The molecule has 0 saturated carbocycles. The van der Waals surface area contributed by atoms with E-state index in [4.69, 9.17) is 4.98 Å². The third-order valence-corrected chi connectivity index (χ3v) is 4.66. The van der Waals surface area contributed by atoms with E-state index in [1.165, 1.54) is 27.9 Å². The van der Waals surface area contributed by atoms with Gasteiger partial charge in [0.1, 0.15) is 5.82 Å². The Hall–Kier alpha value is -1.74. The molecule has 0 amide bonds. The van der Waals surface area contributed by atoms with Crippen LogP contribution in [0.1, 0.15) is 54.5 Å². The van der Waals surface area contributed by atoms with Crippen molar-refractivity contribution in [3.8, 4) is 0 Å². The van der Waals surface area contributed by atoms with Gasteiger partial charge in [-0.15, -0.1) is 0 Å². The van der Waals surface area contributed by atoms with Crippen molar-refractivity contribution in [2.45, 2.75) is 59.5 Å². The van der Waals surface area contributed by atoms with E-state index in [0.29, 0.717) is 0 Å². The van der Waals surface area contributed by atoms with Crippen molar-refractivity contribution in [1.82, 2.24) is 14.9 Å². The summed E-state index contributed by atoms with van der Waals surface area (Å²) in [6.45, 7) is 13.9. The number of nitrogens with zero attached hydrogens (tertiary/aromatic N) is 3. The topological polar surface area (TPSA) is 29.0 Å². The summed E-state index contributed by atoms with van der Waals surface area (Å²) in [4.78, 5) is 11.9. The molecule has 0 spiro atoms. The van der Waals surface area contributed by atoms with E-state index in [9.17, 15) is 0 Å². The normalized spacial score (nSPS) is 15.5. The number of fused-ring (bicyclic) bond motifs is 1. The van der Waals surface area contributed by atoms with Crippen molar-refractivity contribution in [2.24, 2.45) is 0 Å². The predicted octanol–water partition coefficient (Wildman–Crippen LogP) is 3.95. The maximum absolute atomic E-state index is 4.81. The van der Waals surface area contributed by atoms with Crippen LogP contribution < -0.4 is 0 Å². The highest BCUT2D eigenvalue weighted by Gasteiger charge is 2.22. The van der Waals surface area contributed by atoms with Gasteiger partial charge in [-0.05, 0) is 30.5 Å². The number of aryl methyl sites for hydroxylation is 2. The van der Waals surface area contributed by atoms with E-state index in [1.54, 1.807) is 0 Å². The van der Waals surface area contributed by atoms with Crippen molar-refractivity contribution >= 4 is 0 Å². The number of aromatic nitrogens is 2. The molecule has 0 saturated heterocycles. The second-order valence-electron chi connectivity index (χ2n) is 7.79. The molecule has 1 aliphatic heterocycles. The Labute approximate surface area is 139 Å². The summed E-state index contributed by atoms with van der Waals surface area (Å²) in [5, 5.41) is 0. The highest BCUT2D eigenvalue weighted by Crippen LogP contribution is 2.23. The molecule has 0 fully saturated rings. The molecule has 2 aromatic rings. The molecule has 122 valence electrons. The minimum Gasteiger partial charge on any atom is -0.294 e. The quantitative estimate of drug-likeness (QED) is 0.841. The Morgan fingerprint density at radius 2 is 1.91 bits per heavy atom. The first-order valence-electron chi connectivity index (χ1n) is 8.47. The number of rotatable bonds is 2. The number of hydrogen-bond acceptors (Lipinski definition) is 3. The number of benzene rings is 1. The molecule has 2 heterocycles. The molecule has 0 radical (unpaired) electrons. The Kier molecular flexibility index (Phi) is 4.24. The molecule has 3 rings (SSSR count). The maximum atomic E-state index is 4.81. The van der Waals surface area contributed by atoms with Gasteiger partial charge in [0.25, 0.3) is 0 Å². The zero-order valence-corrected chi connectivity index (χ0v) is 15.0. The van der Waals surface area contributed by atoms with Gasteiger partial charge in [-0.3, -0.25) is 4.90 Å². The second-order valence-corrected chi connectivity index (χ2v) is 7.79. The maximum Gasteiger partial charge on any atom is 0.133 e. The largest absolute Gasteiger partial charge is 0.294 e. The summed E-state index contributed by atoms with van der Waals surface area (Å²) in [5.41, 5.74) is 6.67. The Morgan fingerprint density at radius 1 is 1.13 bits per heavy atom. The summed E-state index contributed by atoms with van der Waals surface area (Å²) in [5.74, 6) is 0.957. The molecule has 3 nitrogen and oxygen atoms in total. The Morgan fingerprint density at radius 3 is 2.61 bits per heavy atom. The fourth-order valence-electron chi connectivity index (χ4n) is 3.03. The Bertz CT molecular complexity index is 713. The molecule has 0 unspecified atom stereocenters. The summed E-state index contributed by atoms with van der Waals surface area (Å²) >= 11 is 0. The summed E-state index contributed by atoms with van der Waals surface area (Å²) < 4.78 is 0. The first-order valence-corrected chi connectivity index (χ1v) is 8.47. The zero-order chi connectivity index (χ0) is 16.6. The van der Waals surface area contributed by atoms with E-state index in [-0.39, 0.29) is 5.41 Å². The van der Waals surface area contributed by atoms with Crippen molar-refractivity contribution in [3.05, 3.63) is 58.2 Å². The molecule has 0 aliphatic carbocycles. The van der Waals surface area contributed by atoms with E-state index in [2.05, 4.69) is 62.7 Å². The molecule has 23 heavy (non-hydrogen) atoms. The van der Waals surface area contributed by atoms with Gasteiger partial charge in [-0.1, -0.05) is 39.0 Å². The molecule has 3 heteroatoms. The average Bonchev–Trinajstić information content (AvgIpc) is 2.49. The summed E-state index contributed by atoms with van der Waals surface area (Å²) in [6.07, 6.45) is 3.06. The lowest BCUT2D eigenvalue weighted by Crippen LogP contribution is -2.32.